The Morgan fingerprint density at radius 2 is 1.01 bits per heavy atom. The molecule has 0 atom stereocenters. The summed E-state index contributed by atoms with van der Waals surface area (Å²) in [6, 6.07) is 7.39. The molecule has 5 aromatic rings. The van der Waals surface area contributed by atoms with E-state index in [2.05, 4.69) is 68.7 Å². The van der Waals surface area contributed by atoms with Gasteiger partial charge in [-0.05, 0) is 50.7 Å². The van der Waals surface area contributed by atoms with Gasteiger partial charge in [-0.1, -0.05) is 85.1 Å². The maximum Gasteiger partial charge on any atom is 0.263 e. The summed E-state index contributed by atoms with van der Waals surface area (Å²) < 4.78 is 6.64. The van der Waals surface area contributed by atoms with Crippen molar-refractivity contribution in [2.24, 2.45) is 0 Å². The molecule has 0 spiro atoms. The molecule has 5 aliphatic rings. The fourth-order valence-electron chi connectivity index (χ4n) is 9.84. The SMILES string of the molecule is C=C1Cc2nn(-c3ccccc3O)c(N)c2C(=O)N1.C=C1Cc2nn(C3CCCCC3)c(N)c2C(=O)N1.CCC(CC)n1nc2c(c1N)C(=O)NC(=O)C2.CCCC(CCC)n1nc2c(c1N)C(=O)NC(=O)C2. The molecule has 0 saturated heterocycles. The lowest BCUT2D eigenvalue weighted by atomic mass is 9.95. The van der Waals surface area contributed by atoms with E-state index in [1.54, 1.807) is 27.6 Å². The van der Waals surface area contributed by atoms with Crippen molar-refractivity contribution >= 4 is 58.7 Å². The molecule has 73 heavy (non-hydrogen) atoms. The van der Waals surface area contributed by atoms with Gasteiger partial charge in [0.05, 0.1) is 53.7 Å². The van der Waals surface area contributed by atoms with Crippen LogP contribution in [0.5, 0.6) is 5.75 Å². The summed E-state index contributed by atoms with van der Waals surface area (Å²) in [5.41, 5.74) is 29.7. The third-order valence-corrected chi connectivity index (χ3v) is 13.4. The Morgan fingerprint density at radius 1 is 0.575 bits per heavy atom. The topological polar surface area (TPSA) is 346 Å². The van der Waals surface area contributed by atoms with Crippen LogP contribution >= 0.6 is 0 Å². The van der Waals surface area contributed by atoms with Gasteiger partial charge in [-0.2, -0.15) is 20.4 Å². The first-order chi connectivity index (χ1) is 34.9. The summed E-state index contributed by atoms with van der Waals surface area (Å²) in [5.74, 6) is -0.470. The summed E-state index contributed by atoms with van der Waals surface area (Å²) in [6.07, 6.45) is 13.0. The number of hydrogen-bond donors (Lipinski definition) is 9. The second-order valence-electron chi connectivity index (χ2n) is 18.6. The zero-order chi connectivity index (χ0) is 52.8. The molecule has 4 aromatic heterocycles. The molecule has 4 aliphatic heterocycles. The molecule has 1 fully saturated rings. The predicted octanol–water partition coefficient (Wildman–Crippen LogP) is 4.79. The quantitative estimate of drug-likeness (QED) is 0.0850. The van der Waals surface area contributed by atoms with Crippen molar-refractivity contribution in [3.05, 3.63) is 93.8 Å². The Bertz CT molecular complexity index is 2980. The summed E-state index contributed by atoms with van der Waals surface area (Å²) in [4.78, 5) is 69.9. The van der Waals surface area contributed by atoms with Crippen LogP contribution < -0.4 is 44.2 Å². The van der Waals surface area contributed by atoms with Gasteiger partial charge in [-0.15, -0.1) is 0 Å². The fourth-order valence-corrected chi connectivity index (χ4v) is 9.84. The summed E-state index contributed by atoms with van der Waals surface area (Å²) in [6.45, 7) is 15.8. The average molecular weight is 1000 g/mol. The maximum atomic E-state index is 11.9. The number of nitrogens with one attached hydrogen (secondary N) is 4. The number of carbonyl (C=O) groups is 6. The summed E-state index contributed by atoms with van der Waals surface area (Å²) >= 11 is 0. The maximum absolute atomic E-state index is 11.9. The van der Waals surface area contributed by atoms with E-state index in [9.17, 15) is 33.9 Å². The summed E-state index contributed by atoms with van der Waals surface area (Å²) in [5, 5.41) is 37.3. The highest BCUT2D eigenvalue weighted by molar-refractivity contribution is 6.12. The van der Waals surface area contributed by atoms with Crippen LogP contribution in [0.3, 0.4) is 0 Å². The van der Waals surface area contributed by atoms with E-state index in [0.29, 0.717) is 92.8 Å². The van der Waals surface area contributed by atoms with Gasteiger partial charge in [0, 0.05) is 24.2 Å². The van der Waals surface area contributed by atoms with Crippen molar-refractivity contribution in [1.29, 1.82) is 0 Å². The normalized spacial score (nSPS) is 16.1. The predicted molar refractivity (Wildman–Crippen MR) is 273 cm³/mol. The lowest BCUT2D eigenvalue weighted by molar-refractivity contribution is -0.120. The van der Waals surface area contributed by atoms with Crippen LogP contribution in [-0.4, -0.2) is 79.7 Å². The van der Waals surface area contributed by atoms with Gasteiger partial charge in [0.2, 0.25) is 11.8 Å². The van der Waals surface area contributed by atoms with Gasteiger partial charge in [0.1, 0.15) is 57.0 Å². The molecule has 388 valence electrons. The molecule has 10 rings (SSSR count). The lowest BCUT2D eigenvalue weighted by Gasteiger charge is -2.22. The molecule has 1 aliphatic carbocycles. The molecular formula is C50H66N16O7. The number of aromatic hydroxyl groups is 1. The van der Waals surface area contributed by atoms with E-state index >= 15 is 0 Å². The zero-order valence-electron chi connectivity index (χ0n) is 41.8. The lowest BCUT2D eigenvalue weighted by Crippen LogP contribution is -2.37. The van der Waals surface area contributed by atoms with Crippen LogP contribution in [0.4, 0.5) is 23.3 Å². The molecule has 6 amide bonds. The van der Waals surface area contributed by atoms with E-state index < -0.39 is 11.8 Å². The van der Waals surface area contributed by atoms with Crippen molar-refractivity contribution in [3.8, 4) is 11.4 Å². The average Bonchev–Trinajstić information content (AvgIpc) is 4.07. The molecule has 0 radical (unpaired) electrons. The molecule has 0 unspecified atom stereocenters. The standard InChI is InChI=1S/C13H12N4O2.C13H20N4O2.C13H18N4O.C11H16N4O2/c1-7-6-8-11(13(19)15-7)12(14)17(16-8)9-4-2-3-5-10(9)18;1-3-5-8(6-4-2)17-12(14)11-9(16-17)7-10(18)15-13(11)19;1-8-7-10-11(13(18)15-8)12(14)17(16-10)9-5-3-2-4-6-9;1-3-6(4-2)15-10(12)9-7(14-15)5-8(16)13-11(9)17/h2-5,18H,1,6,14H2,(H,15,19);8H,3-7,14H2,1-2H3,(H,15,18,19);9H,1-7,14H2,(H,15,18);6H,3-5,12H2,1-2H3,(H,13,16,17). The second-order valence-corrected chi connectivity index (χ2v) is 18.6. The minimum absolute atomic E-state index is 0.0493. The number of phenolic OH excluding ortho intramolecular Hbond substituents is 1. The number of amides is 6. The number of imide groups is 2. The summed E-state index contributed by atoms with van der Waals surface area (Å²) in [7, 11) is 0. The highest BCUT2D eigenvalue weighted by atomic mass is 16.3. The van der Waals surface area contributed by atoms with E-state index in [1.165, 1.54) is 30.0 Å². The largest absolute Gasteiger partial charge is 0.506 e. The van der Waals surface area contributed by atoms with Gasteiger partial charge in [0.15, 0.2) is 0 Å². The Kier molecular flexibility index (Phi) is 16.2. The number of anilines is 4. The van der Waals surface area contributed by atoms with E-state index in [0.717, 1.165) is 57.1 Å². The number of nitrogens with two attached hydrogens (primary N) is 4. The van der Waals surface area contributed by atoms with Gasteiger partial charge < -0.3 is 38.7 Å². The number of para-hydroxylation sites is 2. The number of fused-ring (bicyclic) bond motifs is 4. The second kappa shape index (κ2) is 22.5. The van der Waals surface area contributed by atoms with E-state index in [4.69, 9.17) is 22.9 Å². The van der Waals surface area contributed by atoms with E-state index in [-0.39, 0.29) is 60.1 Å². The van der Waals surface area contributed by atoms with Crippen molar-refractivity contribution in [3.63, 3.8) is 0 Å². The van der Waals surface area contributed by atoms with Crippen LogP contribution in [0.25, 0.3) is 5.69 Å². The molecular weight excluding hydrogens is 937 g/mol. The fraction of sp³-hybridized carbons (Fsp3) is 0.440. The van der Waals surface area contributed by atoms with Crippen molar-refractivity contribution < 1.29 is 33.9 Å². The first-order valence-corrected chi connectivity index (χ1v) is 24.8. The molecule has 0 bridgehead atoms. The number of aromatic nitrogens is 8. The van der Waals surface area contributed by atoms with Crippen LogP contribution in [0.15, 0.2) is 48.8 Å². The van der Waals surface area contributed by atoms with E-state index in [1.807, 2.05) is 18.5 Å². The number of nitrogens with zero attached hydrogens (tertiary/aromatic N) is 8. The number of phenols is 1. The first-order valence-electron chi connectivity index (χ1n) is 24.8. The molecule has 1 aromatic carbocycles. The van der Waals surface area contributed by atoms with Crippen molar-refractivity contribution in [2.75, 3.05) is 22.9 Å². The number of carbonyl (C=O) groups excluding carboxylic acids is 6. The van der Waals surface area contributed by atoms with Gasteiger partial charge in [-0.25, -0.2) is 18.7 Å². The highest BCUT2D eigenvalue weighted by Gasteiger charge is 2.34. The van der Waals surface area contributed by atoms with Crippen LogP contribution in [0, 0.1) is 0 Å². The third kappa shape index (κ3) is 11.0. The molecule has 1 saturated carbocycles. The van der Waals surface area contributed by atoms with Crippen LogP contribution in [0.2, 0.25) is 0 Å². The Balaban J connectivity index is 0.000000143. The monoisotopic (exact) mass is 1000 g/mol. The zero-order valence-corrected chi connectivity index (χ0v) is 41.8. The number of hydrogen-bond acceptors (Lipinski definition) is 15. The first kappa shape index (κ1) is 52.6. The number of nitrogen functional groups attached to an aromatic ring is 4. The number of benzene rings is 1. The minimum Gasteiger partial charge on any atom is -0.506 e. The number of rotatable bonds is 10. The Hall–Kier alpha value is -8.24. The highest BCUT2D eigenvalue weighted by Crippen LogP contribution is 2.34. The Labute approximate surface area is 422 Å². The molecule has 23 nitrogen and oxygen atoms in total. The van der Waals surface area contributed by atoms with Crippen LogP contribution in [0.1, 0.15) is 181 Å². The third-order valence-electron chi connectivity index (χ3n) is 13.4. The smallest absolute Gasteiger partial charge is 0.263 e. The number of allylic oxidation sites excluding steroid dienone is 2. The van der Waals surface area contributed by atoms with Gasteiger partial charge in [0.25, 0.3) is 23.6 Å². The molecule has 23 heteroatoms. The molecule has 13 N–H and O–H groups in total. The van der Waals surface area contributed by atoms with Crippen molar-refractivity contribution in [2.45, 2.75) is 142 Å². The van der Waals surface area contributed by atoms with Crippen LogP contribution in [-0.2, 0) is 35.3 Å². The molecule has 8 heterocycles. The van der Waals surface area contributed by atoms with Gasteiger partial charge >= 0.3 is 0 Å². The minimum atomic E-state index is -0.439. The van der Waals surface area contributed by atoms with Gasteiger partial charge in [-0.3, -0.25) is 39.4 Å². The van der Waals surface area contributed by atoms with Crippen molar-refractivity contribution in [1.82, 2.24) is 60.4 Å². The Morgan fingerprint density at radius 3 is 1.51 bits per heavy atom.